The van der Waals surface area contributed by atoms with Crippen LogP contribution >= 0.6 is 11.3 Å². The number of oxazole rings is 1. The van der Waals surface area contributed by atoms with Crippen LogP contribution in [0.15, 0.2) is 45.4 Å². The number of hydrogen-bond donors (Lipinski definition) is 1. The van der Waals surface area contributed by atoms with Crippen LogP contribution in [0.1, 0.15) is 29.7 Å². The van der Waals surface area contributed by atoms with Crippen molar-refractivity contribution >= 4 is 27.0 Å². The number of nitrogens with one attached hydrogen (secondary N) is 1. The molecule has 6 nitrogen and oxygen atoms in total. The normalized spacial score (nSPS) is 14.7. The van der Waals surface area contributed by atoms with Gasteiger partial charge in [0.05, 0.1) is 11.2 Å². The molecule has 0 spiro atoms. The van der Waals surface area contributed by atoms with E-state index in [-0.39, 0.29) is 4.21 Å². The monoisotopic (exact) mass is 361 g/mol. The van der Waals surface area contributed by atoms with Crippen LogP contribution in [0.2, 0.25) is 0 Å². The minimum atomic E-state index is -3.60. The van der Waals surface area contributed by atoms with Crippen molar-refractivity contribution in [1.82, 2.24) is 9.97 Å². The molecule has 24 heavy (non-hydrogen) atoms. The van der Waals surface area contributed by atoms with Gasteiger partial charge in [0.25, 0.3) is 10.0 Å². The highest BCUT2D eigenvalue weighted by atomic mass is 32.2. The smallest absolute Gasteiger partial charge is 0.273 e. The molecular formula is C16H15N3O3S2. The second-order valence-corrected chi connectivity index (χ2v) is 8.70. The van der Waals surface area contributed by atoms with Crippen LogP contribution in [0.3, 0.4) is 0 Å². The molecule has 0 bridgehead atoms. The van der Waals surface area contributed by atoms with Crippen molar-refractivity contribution in [3.63, 3.8) is 0 Å². The first-order chi connectivity index (χ1) is 11.5. The summed E-state index contributed by atoms with van der Waals surface area (Å²) in [7, 11) is -3.60. The number of aryl methyl sites for hydroxylation is 1. The van der Waals surface area contributed by atoms with Crippen molar-refractivity contribution in [1.29, 1.82) is 0 Å². The fourth-order valence-corrected chi connectivity index (χ4v) is 4.70. The minimum absolute atomic E-state index is 0.251. The Balaban J connectivity index is 1.53. The molecule has 0 saturated heterocycles. The maximum Gasteiger partial charge on any atom is 0.273 e. The number of rotatable bonds is 5. The van der Waals surface area contributed by atoms with E-state index in [0.29, 0.717) is 17.5 Å². The van der Waals surface area contributed by atoms with Crippen LogP contribution in [0.4, 0.5) is 5.69 Å². The van der Waals surface area contributed by atoms with Crippen molar-refractivity contribution < 1.29 is 12.8 Å². The van der Waals surface area contributed by atoms with Crippen LogP contribution in [0, 0.1) is 6.92 Å². The highest BCUT2D eigenvalue weighted by Gasteiger charge is 2.29. The highest BCUT2D eigenvalue weighted by Crippen LogP contribution is 2.42. The molecule has 124 valence electrons. The molecule has 0 aliphatic heterocycles. The summed E-state index contributed by atoms with van der Waals surface area (Å²) in [6.07, 6.45) is 5.21. The SMILES string of the molecule is Cc1nc(-c2ccc(NS(=O)(=O)c3cnc(C4CC4)s3)cc2)co1. The number of anilines is 1. The summed E-state index contributed by atoms with van der Waals surface area (Å²) in [5, 5.41) is 0.909. The van der Waals surface area contributed by atoms with Gasteiger partial charge in [0, 0.05) is 24.1 Å². The average Bonchev–Trinajstić information content (AvgIpc) is 3.10. The fraction of sp³-hybridized carbons (Fsp3) is 0.250. The molecule has 1 aliphatic carbocycles. The van der Waals surface area contributed by atoms with Crippen molar-refractivity contribution in [3.8, 4) is 11.3 Å². The summed E-state index contributed by atoms with van der Waals surface area (Å²) in [5.41, 5.74) is 2.09. The molecule has 1 aliphatic rings. The van der Waals surface area contributed by atoms with Crippen molar-refractivity contribution in [2.24, 2.45) is 0 Å². The van der Waals surface area contributed by atoms with Gasteiger partial charge in [-0.1, -0.05) is 12.1 Å². The number of thiazole rings is 1. The lowest BCUT2D eigenvalue weighted by Crippen LogP contribution is -2.11. The lowest BCUT2D eigenvalue weighted by atomic mass is 10.1. The zero-order chi connectivity index (χ0) is 16.7. The van der Waals surface area contributed by atoms with Crippen LogP contribution in [0.5, 0.6) is 0 Å². The molecule has 0 atom stereocenters. The lowest BCUT2D eigenvalue weighted by molar-refractivity contribution is 0.521. The molecule has 1 saturated carbocycles. The van der Waals surface area contributed by atoms with Gasteiger partial charge in [0.2, 0.25) is 0 Å². The van der Waals surface area contributed by atoms with Crippen LogP contribution in [0.25, 0.3) is 11.3 Å². The Hall–Kier alpha value is -2.19. The molecule has 0 amide bonds. The summed E-state index contributed by atoms with van der Waals surface area (Å²) in [6.45, 7) is 1.77. The van der Waals surface area contributed by atoms with Gasteiger partial charge in [-0.05, 0) is 25.0 Å². The second-order valence-electron chi connectivity index (χ2n) is 5.73. The summed E-state index contributed by atoms with van der Waals surface area (Å²) in [5.74, 6) is 1.04. The van der Waals surface area contributed by atoms with E-state index in [1.54, 1.807) is 37.5 Å². The highest BCUT2D eigenvalue weighted by molar-refractivity contribution is 7.94. The average molecular weight is 361 g/mol. The standard InChI is InChI=1S/C16H15N3O3S2/c1-10-18-14(9-22-10)11-4-6-13(7-5-11)19-24(20,21)15-8-17-16(23-15)12-2-3-12/h4-9,12,19H,2-3H2,1H3. The van der Waals surface area contributed by atoms with Gasteiger partial charge in [-0.3, -0.25) is 4.72 Å². The molecule has 0 unspecified atom stereocenters. The van der Waals surface area contributed by atoms with E-state index in [4.69, 9.17) is 4.42 Å². The molecule has 3 aromatic rings. The topological polar surface area (TPSA) is 85.1 Å². The summed E-state index contributed by atoms with van der Waals surface area (Å²) < 4.78 is 32.9. The summed E-state index contributed by atoms with van der Waals surface area (Å²) in [6, 6.07) is 7.02. The van der Waals surface area contributed by atoms with Crippen LogP contribution in [-0.2, 0) is 10.0 Å². The Labute approximate surface area is 143 Å². The van der Waals surface area contributed by atoms with Crippen LogP contribution in [-0.4, -0.2) is 18.4 Å². The van der Waals surface area contributed by atoms with Gasteiger partial charge in [-0.25, -0.2) is 18.4 Å². The Kier molecular flexibility index (Phi) is 3.65. The number of aromatic nitrogens is 2. The third-order valence-corrected chi connectivity index (χ3v) is 6.75. The zero-order valence-corrected chi connectivity index (χ0v) is 14.5. The third kappa shape index (κ3) is 3.07. The van der Waals surface area contributed by atoms with E-state index in [2.05, 4.69) is 14.7 Å². The van der Waals surface area contributed by atoms with Gasteiger partial charge in [-0.2, -0.15) is 0 Å². The quantitative estimate of drug-likeness (QED) is 0.747. The molecule has 0 radical (unpaired) electrons. The van der Waals surface area contributed by atoms with Gasteiger partial charge in [-0.15, -0.1) is 11.3 Å². The number of sulfonamides is 1. The maximum absolute atomic E-state index is 12.4. The third-order valence-electron chi connectivity index (χ3n) is 3.75. The number of nitrogens with zero attached hydrogens (tertiary/aromatic N) is 2. The van der Waals surface area contributed by atoms with Crippen molar-refractivity contribution in [2.75, 3.05) is 4.72 Å². The molecule has 2 heterocycles. The molecule has 1 N–H and O–H groups in total. The number of hydrogen-bond acceptors (Lipinski definition) is 6. The first kappa shape index (κ1) is 15.3. The minimum Gasteiger partial charge on any atom is -0.449 e. The van der Waals surface area contributed by atoms with Gasteiger partial charge < -0.3 is 4.42 Å². The number of benzene rings is 1. The largest absolute Gasteiger partial charge is 0.449 e. The van der Waals surface area contributed by atoms with Gasteiger partial charge in [0.15, 0.2) is 10.1 Å². The Morgan fingerprint density at radius 2 is 2.00 bits per heavy atom. The van der Waals surface area contributed by atoms with Crippen molar-refractivity contribution in [3.05, 3.63) is 47.6 Å². The molecule has 1 fully saturated rings. The van der Waals surface area contributed by atoms with E-state index in [9.17, 15) is 8.42 Å². The molecule has 8 heteroatoms. The van der Waals surface area contributed by atoms with E-state index < -0.39 is 10.0 Å². The van der Waals surface area contributed by atoms with Crippen molar-refractivity contribution in [2.45, 2.75) is 29.9 Å². The Bertz CT molecular complexity index is 970. The van der Waals surface area contributed by atoms with E-state index in [0.717, 1.165) is 29.1 Å². The van der Waals surface area contributed by atoms with E-state index >= 15 is 0 Å². The Morgan fingerprint density at radius 1 is 1.25 bits per heavy atom. The summed E-state index contributed by atoms with van der Waals surface area (Å²) in [4.78, 5) is 8.47. The van der Waals surface area contributed by atoms with Crippen LogP contribution < -0.4 is 4.72 Å². The molecular weight excluding hydrogens is 346 g/mol. The van der Waals surface area contributed by atoms with Gasteiger partial charge >= 0.3 is 0 Å². The fourth-order valence-electron chi connectivity index (χ4n) is 2.33. The Morgan fingerprint density at radius 3 is 2.62 bits per heavy atom. The first-order valence-corrected chi connectivity index (χ1v) is 9.82. The lowest BCUT2D eigenvalue weighted by Gasteiger charge is -2.06. The molecule has 1 aromatic carbocycles. The van der Waals surface area contributed by atoms with Gasteiger partial charge in [0.1, 0.15) is 12.0 Å². The van der Waals surface area contributed by atoms with E-state index in [1.165, 1.54) is 17.5 Å². The predicted molar refractivity (Wildman–Crippen MR) is 91.6 cm³/mol. The van der Waals surface area contributed by atoms with E-state index in [1.807, 2.05) is 0 Å². The first-order valence-electron chi connectivity index (χ1n) is 7.52. The second kappa shape index (κ2) is 5.71. The zero-order valence-electron chi connectivity index (χ0n) is 12.9. The molecule has 4 rings (SSSR count). The molecule has 2 aromatic heterocycles. The maximum atomic E-state index is 12.4. The summed E-state index contributed by atoms with van der Waals surface area (Å²) >= 11 is 1.25. The predicted octanol–water partition coefficient (Wildman–Crippen LogP) is 3.78.